The average Bonchev–Trinajstić information content (AvgIpc) is 3.27. The number of hydrogen-bond acceptors (Lipinski definition) is 5. The molecule has 0 spiro atoms. The maximum atomic E-state index is 12.8. The van der Waals surface area contributed by atoms with Gasteiger partial charge in [0.15, 0.2) is 6.10 Å². The number of hydrogen-bond donors (Lipinski definition) is 0. The van der Waals surface area contributed by atoms with Crippen molar-refractivity contribution in [2.45, 2.75) is 309 Å². The van der Waals surface area contributed by atoms with Crippen molar-refractivity contribution < 1.29 is 23.8 Å². The van der Waals surface area contributed by atoms with Crippen molar-refractivity contribution in [3.05, 3.63) is 24.3 Å². The number of allylic oxidation sites excluding steroid dienone is 4. The fourth-order valence-corrected chi connectivity index (χ4v) is 8.31. The van der Waals surface area contributed by atoms with E-state index in [1.54, 1.807) is 0 Å². The molecule has 5 nitrogen and oxygen atoms in total. The highest BCUT2D eigenvalue weighted by Gasteiger charge is 2.17. The van der Waals surface area contributed by atoms with Gasteiger partial charge < -0.3 is 14.2 Å². The summed E-state index contributed by atoms with van der Waals surface area (Å²) >= 11 is 0. The van der Waals surface area contributed by atoms with Crippen LogP contribution < -0.4 is 0 Å². The Balaban J connectivity index is 4.15. The molecule has 1 atom stereocenters. The van der Waals surface area contributed by atoms with E-state index in [2.05, 4.69) is 45.1 Å². The SMILES string of the molecule is CCCCC/C=C\C/C=C\CCCCCCCCCCCC(=O)OCC(COCCCCCCCCCCCC)OC(=O)CCCCCCCCCCCCCCCCCCC. The van der Waals surface area contributed by atoms with Crippen LogP contribution in [0.15, 0.2) is 24.3 Å². The van der Waals surface area contributed by atoms with E-state index in [1.165, 1.54) is 231 Å². The molecule has 0 aliphatic rings. The minimum Gasteiger partial charge on any atom is -0.462 e. The van der Waals surface area contributed by atoms with Crippen LogP contribution in [0.5, 0.6) is 0 Å². The Labute approximate surface area is 387 Å². The molecular weight excluding hydrogens is 765 g/mol. The summed E-state index contributed by atoms with van der Waals surface area (Å²) in [5, 5.41) is 0. The van der Waals surface area contributed by atoms with Gasteiger partial charge in [0.1, 0.15) is 6.61 Å². The zero-order chi connectivity index (χ0) is 44.9. The maximum absolute atomic E-state index is 12.8. The minimum atomic E-state index is -0.529. The van der Waals surface area contributed by atoms with Crippen molar-refractivity contribution in [3.8, 4) is 0 Å². The molecular formula is C57H108O5. The molecule has 0 N–H and O–H groups in total. The predicted octanol–water partition coefficient (Wildman–Crippen LogP) is 18.8. The molecule has 0 aromatic rings. The van der Waals surface area contributed by atoms with E-state index in [0.29, 0.717) is 26.1 Å². The molecule has 0 aliphatic carbocycles. The van der Waals surface area contributed by atoms with Crippen LogP contribution in [0.1, 0.15) is 303 Å². The van der Waals surface area contributed by atoms with Gasteiger partial charge in [-0.1, -0.05) is 263 Å². The van der Waals surface area contributed by atoms with Gasteiger partial charge in [0.2, 0.25) is 0 Å². The fourth-order valence-electron chi connectivity index (χ4n) is 8.31. The van der Waals surface area contributed by atoms with E-state index in [1.807, 2.05) is 0 Å². The molecule has 366 valence electrons. The Hall–Kier alpha value is -1.62. The molecule has 0 bridgehead atoms. The Bertz CT molecular complexity index is 943. The molecule has 0 aliphatic heterocycles. The highest BCUT2D eigenvalue weighted by Crippen LogP contribution is 2.16. The van der Waals surface area contributed by atoms with Crippen LogP contribution in [-0.4, -0.2) is 37.9 Å². The minimum absolute atomic E-state index is 0.0909. The highest BCUT2D eigenvalue weighted by molar-refractivity contribution is 5.70. The Morgan fingerprint density at radius 2 is 0.677 bits per heavy atom. The van der Waals surface area contributed by atoms with E-state index < -0.39 is 6.10 Å². The molecule has 0 saturated heterocycles. The second-order valence-electron chi connectivity index (χ2n) is 18.9. The lowest BCUT2D eigenvalue weighted by Crippen LogP contribution is -2.30. The lowest BCUT2D eigenvalue weighted by atomic mass is 10.0. The molecule has 1 unspecified atom stereocenters. The van der Waals surface area contributed by atoms with Gasteiger partial charge >= 0.3 is 11.9 Å². The van der Waals surface area contributed by atoms with Crippen molar-refractivity contribution in [1.82, 2.24) is 0 Å². The number of carbonyl (C=O) groups excluding carboxylic acids is 2. The normalized spacial score (nSPS) is 12.2. The smallest absolute Gasteiger partial charge is 0.306 e. The van der Waals surface area contributed by atoms with Gasteiger partial charge in [-0.05, 0) is 51.4 Å². The topological polar surface area (TPSA) is 61.8 Å². The molecule has 0 aromatic carbocycles. The van der Waals surface area contributed by atoms with Gasteiger partial charge in [0.05, 0.1) is 6.61 Å². The molecule has 0 aromatic heterocycles. The van der Waals surface area contributed by atoms with Crippen molar-refractivity contribution in [1.29, 1.82) is 0 Å². The molecule has 0 saturated carbocycles. The number of carbonyl (C=O) groups is 2. The van der Waals surface area contributed by atoms with Gasteiger partial charge in [-0.25, -0.2) is 0 Å². The molecule has 5 heteroatoms. The van der Waals surface area contributed by atoms with Crippen molar-refractivity contribution in [2.24, 2.45) is 0 Å². The average molecular weight is 873 g/mol. The first kappa shape index (κ1) is 60.4. The van der Waals surface area contributed by atoms with E-state index in [0.717, 1.165) is 38.5 Å². The molecule has 0 radical (unpaired) electrons. The molecule has 0 heterocycles. The van der Waals surface area contributed by atoms with Gasteiger partial charge in [-0.15, -0.1) is 0 Å². The van der Waals surface area contributed by atoms with E-state index >= 15 is 0 Å². The monoisotopic (exact) mass is 873 g/mol. The van der Waals surface area contributed by atoms with Gasteiger partial charge in [0, 0.05) is 19.4 Å². The Kier molecular flexibility index (Phi) is 52.3. The largest absolute Gasteiger partial charge is 0.462 e. The molecule has 0 fully saturated rings. The highest BCUT2D eigenvalue weighted by atomic mass is 16.6. The zero-order valence-electron chi connectivity index (χ0n) is 42.2. The van der Waals surface area contributed by atoms with Crippen LogP contribution in [0, 0.1) is 0 Å². The molecule has 62 heavy (non-hydrogen) atoms. The van der Waals surface area contributed by atoms with Gasteiger partial charge in [-0.3, -0.25) is 9.59 Å². The molecule has 0 amide bonds. The summed E-state index contributed by atoms with van der Waals surface area (Å²) in [4.78, 5) is 25.4. The van der Waals surface area contributed by atoms with E-state index in [4.69, 9.17) is 14.2 Å². The first-order valence-electron chi connectivity index (χ1n) is 27.9. The first-order chi connectivity index (χ1) is 30.6. The van der Waals surface area contributed by atoms with Crippen LogP contribution >= 0.6 is 0 Å². The van der Waals surface area contributed by atoms with E-state index in [9.17, 15) is 9.59 Å². The van der Waals surface area contributed by atoms with Gasteiger partial charge in [-0.2, -0.15) is 0 Å². The number of rotatable bonds is 52. The summed E-state index contributed by atoms with van der Waals surface area (Å²) in [7, 11) is 0. The summed E-state index contributed by atoms with van der Waals surface area (Å²) < 4.78 is 17.4. The third-order valence-corrected chi connectivity index (χ3v) is 12.5. The second kappa shape index (κ2) is 53.7. The zero-order valence-corrected chi connectivity index (χ0v) is 42.2. The Morgan fingerprint density at radius 1 is 0.355 bits per heavy atom. The predicted molar refractivity (Wildman–Crippen MR) is 270 cm³/mol. The maximum Gasteiger partial charge on any atom is 0.306 e. The van der Waals surface area contributed by atoms with Crippen LogP contribution in [0.2, 0.25) is 0 Å². The fraction of sp³-hybridized carbons (Fsp3) is 0.895. The summed E-state index contributed by atoms with van der Waals surface area (Å²) in [5.74, 6) is -0.381. The lowest BCUT2D eigenvalue weighted by molar-refractivity contribution is -0.163. The van der Waals surface area contributed by atoms with Crippen LogP contribution in [-0.2, 0) is 23.8 Å². The summed E-state index contributed by atoms with van der Waals surface area (Å²) in [6.45, 7) is 7.86. The number of ether oxygens (including phenoxy) is 3. The third kappa shape index (κ3) is 51.0. The van der Waals surface area contributed by atoms with Crippen molar-refractivity contribution in [3.63, 3.8) is 0 Å². The van der Waals surface area contributed by atoms with E-state index in [-0.39, 0.29) is 18.5 Å². The van der Waals surface area contributed by atoms with Crippen molar-refractivity contribution in [2.75, 3.05) is 19.8 Å². The lowest BCUT2D eigenvalue weighted by Gasteiger charge is -2.18. The number of esters is 2. The quantitative estimate of drug-likeness (QED) is 0.0346. The number of unbranched alkanes of at least 4 members (excludes halogenated alkanes) is 37. The standard InChI is InChI=1S/C57H108O5/c1-4-7-10-13-16-19-22-24-26-28-29-31-32-34-36-38-41-44-47-50-56(58)61-54-55(53-60-52-49-46-43-40-21-18-15-12-9-6-3)62-57(59)51-48-45-42-39-37-35-33-30-27-25-23-20-17-14-11-8-5-2/h16,19,24,26,55H,4-15,17-18,20-23,25,27-54H2,1-3H3/b19-16-,26-24-. The second-order valence-corrected chi connectivity index (χ2v) is 18.9. The third-order valence-electron chi connectivity index (χ3n) is 12.5. The summed E-state index contributed by atoms with van der Waals surface area (Å²) in [6, 6.07) is 0. The van der Waals surface area contributed by atoms with Gasteiger partial charge in [0.25, 0.3) is 0 Å². The van der Waals surface area contributed by atoms with Crippen LogP contribution in [0.3, 0.4) is 0 Å². The first-order valence-corrected chi connectivity index (χ1v) is 27.9. The Morgan fingerprint density at radius 3 is 1.10 bits per heavy atom. The van der Waals surface area contributed by atoms with Crippen molar-refractivity contribution >= 4 is 11.9 Å². The molecule has 0 rings (SSSR count). The van der Waals surface area contributed by atoms with Crippen LogP contribution in [0.4, 0.5) is 0 Å². The summed E-state index contributed by atoms with van der Waals surface area (Å²) in [6.07, 6.45) is 63.3. The summed E-state index contributed by atoms with van der Waals surface area (Å²) in [5.41, 5.74) is 0. The van der Waals surface area contributed by atoms with Crippen LogP contribution in [0.25, 0.3) is 0 Å².